The molecule has 0 spiro atoms. The summed E-state index contributed by atoms with van der Waals surface area (Å²) in [4.78, 5) is 15.7. The van der Waals surface area contributed by atoms with Crippen molar-refractivity contribution >= 4 is 11.7 Å². The number of ether oxygens (including phenoxy) is 1. The van der Waals surface area contributed by atoms with E-state index in [1.165, 1.54) is 0 Å². The maximum Gasteiger partial charge on any atom is 0.307 e. The van der Waals surface area contributed by atoms with Gasteiger partial charge in [0.2, 0.25) is 0 Å². The van der Waals surface area contributed by atoms with E-state index in [1.54, 1.807) is 0 Å². The predicted molar refractivity (Wildman–Crippen MR) is 65.9 cm³/mol. The van der Waals surface area contributed by atoms with E-state index < -0.39 is 5.97 Å². The fraction of sp³-hybridized carbons (Fsp3) is 0.385. The Morgan fingerprint density at radius 2 is 2.44 bits per heavy atom. The molecule has 1 aromatic carbocycles. The molecule has 1 unspecified atom stereocenters. The van der Waals surface area contributed by atoms with Crippen molar-refractivity contribution < 1.29 is 19.5 Å². The molecular weight excluding hydrogens is 234 g/mol. The minimum absolute atomic E-state index is 0.0296. The van der Waals surface area contributed by atoms with Gasteiger partial charge in [-0.15, -0.1) is 0 Å². The number of rotatable bonds is 5. The van der Waals surface area contributed by atoms with Crippen molar-refractivity contribution in [3.63, 3.8) is 0 Å². The third-order valence-corrected chi connectivity index (χ3v) is 2.61. The van der Waals surface area contributed by atoms with Crippen molar-refractivity contribution in [1.29, 1.82) is 0 Å². The molecule has 18 heavy (non-hydrogen) atoms. The molecule has 1 atom stereocenters. The summed E-state index contributed by atoms with van der Waals surface area (Å²) in [5.41, 5.74) is 1.68. The van der Waals surface area contributed by atoms with E-state index in [0.717, 1.165) is 17.0 Å². The van der Waals surface area contributed by atoms with Gasteiger partial charge in [0.05, 0.1) is 18.7 Å². The number of hydrogen-bond donors (Lipinski definition) is 1. The maximum absolute atomic E-state index is 10.6. The lowest BCUT2D eigenvalue weighted by Crippen LogP contribution is -2.13. The maximum atomic E-state index is 10.6. The Morgan fingerprint density at radius 1 is 1.61 bits per heavy atom. The molecule has 0 radical (unpaired) electrons. The molecule has 0 saturated heterocycles. The van der Waals surface area contributed by atoms with E-state index in [9.17, 15) is 4.79 Å². The van der Waals surface area contributed by atoms with Crippen LogP contribution in [0.25, 0.3) is 0 Å². The Morgan fingerprint density at radius 3 is 3.17 bits per heavy atom. The molecule has 0 amide bonds. The summed E-state index contributed by atoms with van der Waals surface area (Å²) in [6.07, 6.45) is 0.119. The Kier molecular flexibility index (Phi) is 3.82. The third kappa shape index (κ3) is 3.00. The van der Waals surface area contributed by atoms with Gasteiger partial charge in [-0.25, -0.2) is 0 Å². The molecule has 0 fully saturated rings. The summed E-state index contributed by atoms with van der Waals surface area (Å²) in [5.74, 6) is -0.0982. The van der Waals surface area contributed by atoms with Crippen LogP contribution in [0.5, 0.6) is 5.75 Å². The van der Waals surface area contributed by atoms with Gasteiger partial charge in [-0.3, -0.25) is 4.79 Å². The van der Waals surface area contributed by atoms with Crippen molar-refractivity contribution in [3.8, 4) is 5.75 Å². The second-order valence-electron chi connectivity index (χ2n) is 4.03. The Bertz CT molecular complexity index is 470. The fourth-order valence-corrected chi connectivity index (χ4v) is 1.84. The first-order valence-corrected chi connectivity index (χ1v) is 5.86. The van der Waals surface area contributed by atoms with Crippen LogP contribution in [0.4, 0.5) is 0 Å². The minimum Gasteiger partial charge on any atom is -0.494 e. The van der Waals surface area contributed by atoms with E-state index >= 15 is 0 Å². The second-order valence-corrected chi connectivity index (χ2v) is 4.03. The molecule has 0 bridgehead atoms. The molecule has 0 aliphatic carbocycles. The van der Waals surface area contributed by atoms with Crippen LogP contribution in [-0.4, -0.2) is 29.5 Å². The Hall–Kier alpha value is -2.04. The second kappa shape index (κ2) is 5.53. The molecule has 96 valence electrons. The highest BCUT2D eigenvalue weighted by Gasteiger charge is 2.24. The summed E-state index contributed by atoms with van der Waals surface area (Å²) < 4.78 is 5.41. The fourth-order valence-electron chi connectivity index (χ4n) is 1.84. The first kappa shape index (κ1) is 12.4. The molecule has 5 heteroatoms. The summed E-state index contributed by atoms with van der Waals surface area (Å²) in [6.45, 7) is 2.53. The topological polar surface area (TPSA) is 68.1 Å². The molecular formula is C13H15NO4. The summed E-state index contributed by atoms with van der Waals surface area (Å²) in [6, 6.07) is 7.55. The lowest BCUT2D eigenvalue weighted by atomic mass is 10.0. The van der Waals surface area contributed by atoms with Gasteiger partial charge in [0.25, 0.3) is 0 Å². The normalized spacial score (nSPS) is 18.1. The van der Waals surface area contributed by atoms with E-state index in [0.29, 0.717) is 13.0 Å². The number of carboxylic acids is 1. The van der Waals surface area contributed by atoms with Crippen LogP contribution in [0.2, 0.25) is 0 Å². The smallest absolute Gasteiger partial charge is 0.307 e. The largest absolute Gasteiger partial charge is 0.494 e. The quantitative estimate of drug-likeness (QED) is 0.867. The number of oxime groups is 1. The lowest BCUT2D eigenvalue weighted by molar-refractivity contribution is -0.139. The Labute approximate surface area is 105 Å². The monoisotopic (exact) mass is 249 g/mol. The van der Waals surface area contributed by atoms with Crippen molar-refractivity contribution in [1.82, 2.24) is 0 Å². The van der Waals surface area contributed by atoms with Gasteiger partial charge in [0.1, 0.15) is 11.9 Å². The van der Waals surface area contributed by atoms with Crippen LogP contribution in [0, 0.1) is 0 Å². The van der Waals surface area contributed by atoms with E-state index in [2.05, 4.69) is 5.16 Å². The third-order valence-electron chi connectivity index (χ3n) is 2.61. The molecule has 5 nitrogen and oxygen atoms in total. The first-order valence-electron chi connectivity index (χ1n) is 5.86. The molecule has 0 aromatic heterocycles. The van der Waals surface area contributed by atoms with E-state index in [1.807, 2.05) is 31.2 Å². The van der Waals surface area contributed by atoms with Crippen LogP contribution in [0.1, 0.15) is 25.3 Å². The zero-order valence-corrected chi connectivity index (χ0v) is 10.1. The molecule has 1 heterocycles. The van der Waals surface area contributed by atoms with Crippen molar-refractivity contribution in [2.24, 2.45) is 5.16 Å². The summed E-state index contributed by atoms with van der Waals surface area (Å²) in [7, 11) is 0. The minimum atomic E-state index is -0.875. The predicted octanol–water partition coefficient (Wildman–Crippen LogP) is 2.05. The highest BCUT2D eigenvalue weighted by Crippen LogP contribution is 2.21. The zero-order chi connectivity index (χ0) is 13.0. The van der Waals surface area contributed by atoms with Crippen LogP contribution in [-0.2, 0) is 9.63 Å². The average Bonchev–Trinajstić information content (AvgIpc) is 2.77. The van der Waals surface area contributed by atoms with Gasteiger partial charge >= 0.3 is 5.97 Å². The van der Waals surface area contributed by atoms with Crippen molar-refractivity contribution in [2.75, 3.05) is 6.61 Å². The molecule has 1 N–H and O–H groups in total. The van der Waals surface area contributed by atoms with Crippen LogP contribution >= 0.6 is 0 Å². The van der Waals surface area contributed by atoms with Crippen molar-refractivity contribution in [3.05, 3.63) is 29.8 Å². The highest BCUT2D eigenvalue weighted by molar-refractivity contribution is 6.01. The SMILES string of the molecule is CCOc1cccc(C2=NOC(CC(=O)O)C2)c1. The molecule has 1 aliphatic heterocycles. The number of aliphatic carboxylic acids is 1. The van der Waals surface area contributed by atoms with E-state index in [-0.39, 0.29) is 12.5 Å². The summed E-state index contributed by atoms with van der Waals surface area (Å²) in [5, 5.41) is 12.6. The number of carboxylic acid groups (broad SMARTS) is 1. The van der Waals surface area contributed by atoms with Gasteiger partial charge in [-0.2, -0.15) is 0 Å². The first-order chi connectivity index (χ1) is 8.69. The van der Waals surface area contributed by atoms with Gasteiger partial charge in [-0.05, 0) is 19.1 Å². The molecule has 1 aromatic rings. The van der Waals surface area contributed by atoms with Crippen LogP contribution in [0.15, 0.2) is 29.4 Å². The van der Waals surface area contributed by atoms with Crippen LogP contribution in [0.3, 0.4) is 0 Å². The summed E-state index contributed by atoms with van der Waals surface area (Å²) >= 11 is 0. The number of nitrogens with zero attached hydrogens (tertiary/aromatic N) is 1. The number of benzene rings is 1. The lowest BCUT2D eigenvalue weighted by Gasteiger charge is -2.05. The van der Waals surface area contributed by atoms with Crippen molar-refractivity contribution in [2.45, 2.75) is 25.9 Å². The van der Waals surface area contributed by atoms with Gasteiger partial charge in [0, 0.05) is 12.0 Å². The molecule has 1 aliphatic rings. The standard InChI is InChI=1S/C13H15NO4/c1-2-17-10-5-3-4-9(6-10)12-7-11(18-14-12)8-13(15)16/h3-6,11H,2,7-8H2,1H3,(H,15,16). The Balaban J connectivity index is 2.04. The molecule has 2 rings (SSSR count). The van der Waals surface area contributed by atoms with Crippen LogP contribution < -0.4 is 4.74 Å². The zero-order valence-electron chi connectivity index (χ0n) is 10.1. The molecule has 0 saturated carbocycles. The average molecular weight is 249 g/mol. The number of hydrogen-bond acceptors (Lipinski definition) is 4. The van der Waals surface area contributed by atoms with Gasteiger partial charge in [0.15, 0.2) is 0 Å². The number of carbonyl (C=O) groups is 1. The van der Waals surface area contributed by atoms with Gasteiger partial charge < -0.3 is 14.7 Å². The van der Waals surface area contributed by atoms with Gasteiger partial charge in [-0.1, -0.05) is 17.3 Å². The highest BCUT2D eigenvalue weighted by atomic mass is 16.6. The van der Waals surface area contributed by atoms with E-state index in [4.69, 9.17) is 14.7 Å².